The number of aliphatic carboxylic acids is 1. The number of nitrogens with zero attached hydrogens (tertiary/aromatic N) is 1. The number of benzene rings is 2. The van der Waals surface area contributed by atoms with E-state index in [1.54, 1.807) is 30.3 Å². The summed E-state index contributed by atoms with van der Waals surface area (Å²) in [6.45, 7) is 0. The van der Waals surface area contributed by atoms with E-state index in [-0.39, 0.29) is 5.71 Å². The Labute approximate surface area is 120 Å². The van der Waals surface area contributed by atoms with E-state index in [1.807, 2.05) is 6.07 Å². The molecule has 0 saturated carbocycles. The molecule has 1 N–H and O–H groups in total. The van der Waals surface area contributed by atoms with Gasteiger partial charge in [0, 0.05) is 5.56 Å². The molecule has 2 aromatic carbocycles. The van der Waals surface area contributed by atoms with Crippen molar-refractivity contribution < 1.29 is 24.3 Å². The molecule has 0 fully saturated rings. The summed E-state index contributed by atoms with van der Waals surface area (Å²) in [6.07, 6.45) is 0. The fourth-order valence-corrected chi connectivity index (χ4v) is 2.02. The van der Waals surface area contributed by atoms with Crippen molar-refractivity contribution in [2.75, 3.05) is 14.2 Å². The number of hydrogen-bond acceptors (Lipinski definition) is 5. The van der Waals surface area contributed by atoms with Gasteiger partial charge in [-0.15, -0.1) is 0 Å². The molecule has 0 atom stereocenters. The highest BCUT2D eigenvalue weighted by atomic mass is 16.6. The van der Waals surface area contributed by atoms with Gasteiger partial charge in [-0.2, -0.15) is 0 Å². The van der Waals surface area contributed by atoms with Gasteiger partial charge in [0.05, 0.1) is 12.7 Å². The fourth-order valence-electron chi connectivity index (χ4n) is 2.02. The highest BCUT2D eigenvalue weighted by molar-refractivity contribution is 6.44. The lowest BCUT2D eigenvalue weighted by molar-refractivity contribution is -0.129. The largest absolute Gasteiger partial charge is 0.476 e. The Hall–Kier alpha value is -2.89. The number of ether oxygens (including phenoxy) is 1. The molecule has 0 unspecified atom stereocenters. The van der Waals surface area contributed by atoms with Gasteiger partial charge in [0.1, 0.15) is 7.11 Å². The Kier molecular flexibility index (Phi) is 4.18. The van der Waals surface area contributed by atoms with Gasteiger partial charge in [-0.25, -0.2) is 9.59 Å². The first-order valence-corrected chi connectivity index (χ1v) is 6.04. The Morgan fingerprint density at radius 3 is 2.52 bits per heavy atom. The number of carbonyl (C=O) groups excluding carboxylic acids is 1. The topological polar surface area (TPSA) is 85.2 Å². The minimum Gasteiger partial charge on any atom is -0.476 e. The second-order valence-corrected chi connectivity index (χ2v) is 4.16. The summed E-state index contributed by atoms with van der Waals surface area (Å²) in [4.78, 5) is 27.5. The third kappa shape index (κ3) is 2.84. The summed E-state index contributed by atoms with van der Waals surface area (Å²) in [5.74, 6) is -1.71. The summed E-state index contributed by atoms with van der Waals surface area (Å²) in [5.41, 5.74) is 0.470. The van der Waals surface area contributed by atoms with Crippen molar-refractivity contribution in [1.29, 1.82) is 0 Å². The molecule has 6 nitrogen and oxygen atoms in total. The van der Waals surface area contributed by atoms with Crippen LogP contribution in [0.4, 0.5) is 0 Å². The lowest BCUT2D eigenvalue weighted by atomic mass is 9.99. The monoisotopic (exact) mass is 287 g/mol. The van der Waals surface area contributed by atoms with Crippen LogP contribution in [0.3, 0.4) is 0 Å². The molecule has 0 aromatic heterocycles. The number of methoxy groups -OCH3 is 1. The molecule has 0 amide bonds. The number of fused-ring (bicyclic) bond motifs is 1. The van der Waals surface area contributed by atoms with Gasteiger partial charge in [0.2, 0.25) is 0 Å². The van der Waals surface area contributed by atoms with Crippen LogP contribution < -0.4 is 0 Å². The smallest absolute Gasteiger partial charge is 0.358 e. The van der Waals surface area contributed by atoms with Crippen LogP contribution in [-0.2, 0) is 14.4 Å². The maximum Gasteiger partial charge on any atom is 0.358 e. The van der Waals surface area contributed by atoms with E-state index in [4.69, 9.17) is 0 Å². The molecule has 0 bridgehead atoms. The van der Waals surface area contributed by atoms with E-state index < -0.39 is 11.9 Å². The van der Waals surface area contributed by atoms with Crippen LogP contribution in [0.25, 0.3) is 10.8 Å². The van der Waals surface area contributed by atoms with Crippen molar-refractivity contribution in [2.45, 2.75) is 0 Å². The van der Waals surface area contributed by atoms with Crippen molar-refractivity contribution >= 4 is 28.4 Å². The van der Waals surface area contributed by atoms with Crippen LogP contribution in [0, 0.1) is 0 Å². The van der Waals surface area contributed by atoms with Crippen LogP contribution >= 0.6 is 0 Å². The molecule has 2 rings (SSSR count). The number of rotatable bonds is 4. The predicted octanol–water partition coefficient (Wildman–Crippen LogP) is 2.06. The van der Waals surface area contributed by atoms with Gasteiger partial charge in [0.15, 0.2) is 5.71 Å². The van der Waals surface area contributed by atoms with E-state index in [2.05, 4.69) is 14.7 Å². The van der Waals surface area contributed by atoms with Crippen molar-refractivity contribution in [2.24, 2.45) is 5.16 Å². The Morgan fingerprint density at radius 1 is 1.14 bits per heavy atom. The highest BCUT2D eigenvalue weighted by Crippen LogP contribution is 2.22. The van der Waals surface area contributed by atoms with Crippen molar-refractivity contribution in [3.05, 3.63) is 47.5 Å². The second-order valence-electron chi connectivity index (χ2n) is 4.16. The summed E-state index contributed by atoms with van der Waals surface area (Å²) < 4.78 is 4.67. The highest BCUT2D eigenvalue weighted by Gasteiger charge is 2.17. The Bertz CT molecular complexity index is 736. The SMILES string of the molecule is CON=C(C(=O)O)c1cccc2ccc(C(=O)OC)cc12. The van der Waals surface area contributed by atoms with Gasteiger partial charge in [-0.3, -0.25) is 0 Å². The molecule has 0 aliphatic carbocycles. The summed E-state index contributed by atoms with van der Waals surface area (Å²) in [5, 5.41) is 14.1. The van der Waals surface area contributed by atoms with Crippen LogP contribution in [0.1, 0.15) is 15.9 Å². The molecule has 0 heterocycles. The number of carboxylic acid groups (broad SMARTS) is 1. The van der Waals surface area contributed by atoms with Crippen LogP contribution in [0.2, 0.25) is 0 Å². The van der Waals surface area contributed by atoms with Crippen LogP contribution in [-0.4, -0.2) is 37.0 Å². The molecule has 2 aromatic rings. The molecular weight excluding hydrogens is 274 g/mol. The molecule has 0 saturated heterocycles. The number of esters is 1. The number of oxime groups is 1. The average molecular weight is 287 g/mol. The molecule has 0 aliphatic heterocycles. The quantitative estimate of drug-likeness (QED) is 0.528. The molecule has 0 aliphatic rings. The van der Waals surface area contributed by atoms with E-state index >= 15 is 0 Å². The zero-order chi connectivity index (χ0) is 15.4. The van der Waals surface area contributed by atoms with Gasteiger partial charge in [-0.05, 0) is 22.9 Å². The minimum absolute atomic E-state index is 0.231. The van der Waals surface area contributed by atoms with Crippen molar-refractivity contribution in [1.82, 2.24) is 0 Å². The molecule has 0 spiro atoms. The summed E-state index contributed by atoms with van der Waals surface area (Å²) >= 11 is 0. The fraction of sp³-hybridized carbons (Fsp3) is 0.133. The second kappa shape index (κ2) is 6.04. The third-order valence-electron chi connectivity index (χ3n) is 2.94. The Morgan fingerprint density at radius 2 is 1.90 bits per heavy atom. The van der Waals surface area contributed by atoms with Gasteiger partial charge in [-0.1, -0.05) is 29.4 Å². The first-order valence-electron chi connectivity index (χ1n) is 6.04. The summed E-state index contributed by atoms with van der Waals surface area (Å²) in [7, 11) is 2.56. The maximum atomic E-state index is 11.6. The van der Waals surface area contributed by atoms with E-state index in [1.165, 1.54) is 14.2 Å². The molecule has 108 valence electrons. The Balaban J connectivity index is 2.71. The number of carbonyl (C=O) groups is 2. The zero-order valence-corrected chi connectivity index (χ0v) is 11.5. The standard InChI is InChI=1S/C15H13NO5/c1-20-15(19)10-7-6-9-4-3-5-11(12(9)8-10)13(14(17)18)16-21-2/h3-8H,1-2H3,(H,17,18). The predicted molar refractivity (Wildman–Crippen MR) is 76.5 cm³/mol. The molecule has 0 radical (unpaired) electrons. The number of hydrogen-bond donors (Lipinski definition) is 1. The lowest BCUT2D eigenvalue weighted by Crippen LogP contribution is -2.15. The van der Waals surface area contributed by atoms with E-state index in [0.717, 1.165) is 5.39 Å². The average Bonchev–Trinajstić information content (AvgIpc) is 2.50. The maximum absolute atomic E-state index is 11.6. The van der Waals surface area contributed by atoms with Crippen molar-refractivity contribution in [3.8, 4) is 0 Å². The number of carboxylic acids is 1. The van der Waals surface area contributed by atoms with Crippen molar-refractivity contribution in [3.63, 3.8) is 0 Å². The first kappa shape index (κ1) is 14.5. The van der Waals surface area contributed by atoms with Crippen LogP contribution in [0.15, 0.2) is 41.6 Å². The van der Waals surface area contributed by atoms with Gasteiger partial charge in [0.25, 0.3) is 0 Å². The minimum atomic E-state index is -1.21. The molecule has 6 heteroatoms. The first-order chi connectivity index (χ1) is 10.1. The van der Waals surface area contributed by atoms with Crippen LogP contribution in [0.5, 0.6) is 0 Å². The lowest BCUT2D eigenvalue weighted by Gasteiger charge is -2.08. The summed E-state index contributed by atoms with van der Waals surface area (Å²) in [6, 6.07) is 10.0. The van der Waals surface area contributed by atoms with E-state index in [9.17, 15) is 14.7 Å². The zero-order valence-electron chi connectivity index (χ0n) is 11.5. The molecular formula is C15H13NO5. The normalized spacial score (nSPS) is 11.2. The van der Waals surface area contributed by atoms with Gasteiger partial charge >= 0.3 is 11.9 Å². The van der Waals surface area contributed by atoms with Gasteiger partial charge < -0.3 is 14.7 Å². The molecule has 21 heavy (non-hydrogen) atoms. The van der Waals surface area contributed by atoms with E-state index in [0.29, 0.717) is 16.5 Å². The third-order valence-corrected chi connectivity index (χ3v) is 2.94.